The first kappa shape index (κ1) is 21.4. The Morgan fingerprint density at radius 1 is 1.10 bits per heavy atom. The zero-order chi connectivity index (χ0) is 21.8. The van der Waals surface area contributed by atoms with E-state index in [1.165, 1.54) is 6.26 Å². The molecule has 0 bridgehead atoms. The van der Waals surface area contributed by atoms with E-state index in [0.717, 1.165) is 22.1 Å². The Labute approximate surface area is 182 Å². The summed E-state index contributed by atoms with van der Waals surface area (Å²) in [6.07, 6.45) is 3.37. The van der Waals surface area contributed by atoms with Crippen molar-refractivity contribution in [2.45, 2.75) is 36.7 Å². The largest absolute Gasteiger partial charge is 0.496 e. The zero-order valence-corrected chi connectivity index (χ0v) is 18.4. The topological polar surface area (TPSA) is 76.8 Å². The Morgan fingerprint density at radius 2 is 1.87 bits per heavy atom. The number of sulfone groups is 1. The predicted octanol–water partition coefficient (Wildman–Crippen LogP) is 3.98. The van der Waals surface area contributed by atoms with Crippen molar-refractivity contribution in [3.05, 3.63) is 66.1 Å². The molecule has 1 fully saturated rings. The molecule has 0 atom stereocenters. The summed E-state index contributed by atoms with van der Waals surface area (Å²) in [4.78, 5) is 14.6. The van der Waals surface area contributed by atoms with Gasteiger partial charge in [-0.3, -0.25) is 4.79 Å². The van der Waals surface area contributed by atoms with Crippen LogP contribution < -0.4 is 4.74 Å². The van der Waals surface area contributed by atoms with E-state index in [9.17, 15) is 13.2 Å². The van der Waals surface area contributed by atoms with Gasteiger partial charge in [0.15, 0.2) is 9.84 Å². The van der Waals surface area contributed by atoms with Crippen LogP contribution in [0.15, 0.2) is 59.2 Å². The summed E-state index contributed by atoms with van der Waals surface area (Å²) in [6, 6.07) is 15.4. The average Bonchev–Trinajstić information content (AvgIpc) is 3.29. The number of rotatable bonds is 7. The Kier molecular flexibility index (Phi) is 6.32. The molecule has 6 nitrogen and oxygen atoms in total. The molecule has 2 aromatic carbocycles. The molecule has 0 aliphatic carbocycles. The zero-order valence-electron chi connectivity index (χ0n) is 17.6. The van der Waals surface area contributed by atoms with E-state index in [-0.39, 0.29) is 11.7 Å². The summed E-state index contributed by atoms with van der Waals surface area (Å²) in [7, 11) is -1.65. The first-order valence-electron chi connectivity index (χ1n) is 10.5. The van der Waals surface area contributed by atoms with E-state index in [4.69, 9.17) is 9.15 Å². The number of fused-ring (bicyclic) bond motifs is 1. The van der Waals surface area contributed by atoms with Crippen LogP contribution in [-0.2, 0) is 26.8 Å². The van der Waals surface area contributed by atoms with Crippen molar-refractivity contribution in [3.63, 3.8) is 0 Å². The van der Waals surface area contributed by atoms with Gasteiger partial charge in [-0.25, -0.2) is 8.42 Å². The van der Waals surface area contributed by atoms with Gasteiger partial charge in [-0.15, -0.1) is 0 Å². The quantitative estimate of drug-likeness (QED) is 0.554. The summed E-state index contributed by atoms with van der Waals surface area (Å²) < 4.78 is 36.0. The predicted molar refractivity (Wildman–Crippen MR) is 120 cm³/mol. The van der Waals surface area contributed by atoms with Crippen LogP contribution in [0.5, 0.6) is 5.75 Å². The number of ether oxygens (including phenoxy) is 1. The van der Waals surface area contributed by atoms with Crippen LogP contribution in [0.25, 0.3) is 10.8 Å². The van der Waals surface area contributed by atoms with Crippen LogP contribution in [0.4, 0.5) is 0 Å². The minimum Gasteiger partial charge on any atom is -0.496 e. The highest BCUT2D eigenvalue weighted by Gasteiger charge is 2.32. The molecule has 0 N–H and O–H groups in total. The van der Waals surface area contributed by atoms with E-state index in [2.05, 4.69) is 0 Å². The van der Waals surface area contributed by atoms with Crippen LogP contribution in [0.2, 0.25) is 0 Å². The van der Waals surface area contributed by atoms with Gasteiger partial charge < -0.3 is 14.1 Å². The van der Waals surface area contributed by atoms with Crippen molar-refractivity contribution in [2.75, 3.05) is 20.2 Å². The molecule has 0 saturated carbocycles. The Bertz CT molecular complexity index is 1150. The third-order valence-corrected chi connectivity index (χ3v) is 8.21. The molecule has 31 heavy (non-hydrogen) atoms. The number of benzene rings is 2. The maximum absolute atomic E-state index is 12.8. The molecule has 1 aliphatic rings. The van der Waals surface area contributed by atoms with Crippen LogP contribution in [0.3, 0.4) is 0 Å². The number of nitrogens with zero attached hydrogens (tertiary/aromatic N) is 1. The first-order valence-corrected chi connectivity index (χ1v) is 12.3. The third kappa shape index (κ3) is 4.77. The monoisotopic (exact) mass is 441 g/mol. The van der Waals surface area contributed by atoms with E-state index in [1.54, 1.807) is 24.1 Å². The molecule has 4 rings (SSSR count). The second-order valence-corrected chi connectivity index (χ2v) is 10.2. The Morgan fingerprint density at radius 3 is 2.58 bits per heavy atom. The molecule has 1 saturated heterocycles. The number of methoxy groups -OCH3 is 1. The molecule has 3 aromatic rings. The van der Waals surface area contributed by atoms with Gasteiger partial charge in [0, 0.05) is 25.1 Å². The minimum atomic E-state index is -3.29. The summed E-state index contributed by atoms with van der Waals surface area (Å²) in [5.41, 5.74) is 1.03. The van der Waals surface area contributed by atoms with Crippen LogP contribution >= 0.6 is 0 Å². The van der Waals surface area contributed by atoms with Gasteiger partial charge >= 0.3 is 0 Å². The molecule has 1 aromatic heterocycles. The maximum atomic E-state index is 12.8. The molecule has 2 heterocycles. The lowest BCUT2D eigenvalue weighted by Crippen LogP contribution is -2.42. The van der Waals surface area contributed by atoms with Gasteiger partial charge in [0.2, 0.25) is 5.91 Å². The summed E-state index contributed by atoms with van der Waals surface area (Å²) >= 11 is 0. The number of carbonyl (C=O) groups excluding carboxylic acids is 1. The highest BCUT2D eigenvalue weighted by molar-refractivity contribution is 7.91. The van der Waals surface area contributed by atoms with Crippen LogP contribution in [-0.4, -0.2) is 44.7 Å². The van der Waals surface area contributed by atoms with Crippen molar-refractivity contribution in [2.24, 2.45) is 0 Å². The average molecular weight is 442 g/mol. The van der Waals surface area contributed by atoms with Gasteiger partial charge in [-0.05, 0) is 48.2 Å². The van der Waals surface area contributed by atoms with Gasteiger partial charge in [0.1, 0.15) is 17.3 Å². The number of aryl methyl sites for hydroxylation is 1. The van der Waals surface area contributed by atoms with Gasteiger partial charge in [-0.2, -0.15) is 0 Å². The normalized spacial score (nSPS) is 15.3. The number of hydrogen-bond donors (Lipinski definition) is 0. The second-order valence-electron chi connectivity index (χ2n) is 7.93. The number of amides is 1. The molecular weight excluding hydrogens is 414 g/mol. The third-order valence-electron chi connectivity index (χ3n) is 6.03. The lowest BCUT2D eigenvalue weighted by molar-refractivity contribution is -0.132. The number of piperidine rings is 1. The number of likely N-dealkylation sites (tertiary alicyclic amines) is 1. The molecular formula is C24H27NO5S. The molecule has 164 valence electrons. The van der Waals surface area contributed by atoms with Crippen LogP contribution in [0, 0.1) is 0 Å². The summed E-state index contributed by atoms with van der Waals surface area (Å²) in [5, 5.41) is 1.78. The molecule has 0 unspecified atom stereocenters. The molecule has 1 amide bonds. The van der Waals surface area contributed by atoms with E-state index in [1.807, 2.05) is 36.4 Å². The number of carbonyl (C=O) groups is 1. The fraction of sp³-hybridized carbons (Fsp3) is 0.375. The van der Waals surface area contributed by atoms with E-state index >= 15 is 0 Å². The van der Waals surface area contributed by atoms with Crippen molar-refractivity contribution < 1.29 is 22.4 Å². The molecule has 7 heteroatoms. The lowest BCUT2D eigenvalue weighted by Gasteiger charge is -2.31. The van der Waals surface area contributed by atoms with E-state index < -0.39 is 15.1 Å². The summed E-state index contributed by atoms with van der Waals surface area (Å²) in [6.45, 7) is 0.932. The van der Waals surface area contributed by atoms with Gasteiger partial charge in [0.25, 0.3) is 0 Å². The van der Waals surface area contributed by atoms with E-state index in [0.29, 0.717) is 44.5 Å². The van der Waals surface area contributed by atoms with Crippen molar-refractivity contribution in [3.8, 4) is 5.75 Å². The smallest absolute Gasteiger partial charge is 0.222 e. The first-order chi connectivity index (χ1) is 15.0. The second kappa shape index (κ2) is 9.14. The highest BCUT2D eigenvalue weighted by Crippen LogP contribution is 2.29. The Hall–Kier alpha value is -2.80. The van der Waals surface area contributed by atoms with Gasteiger partial charge in [-0.1, -0.05) is 30.3 Å². The molecule has 1 aliphatic heterocycles. The standard InChI is InChI=1S/C24H27NO5S/c1-29-23-10-8-18-5-2-3-7-21(18)22(23)9-11-24(26)25-14-12-20(13-15-25)31(27,28)17-19-6-4-16-30-19/h2-8,10,16,20H,9,11-15,17H2,1H3. The Balaban J connectivity index is 1.36. The number of hydrogen-bond acceptors (Lipinski definition) is 5. The fourth-order valence-corrected chi connectivity index (χ4v) is 6.06. The summed E-state index contributed by atoms with van der Waals surface area (Å²) in [5.74, 6) is 1.22. The van der Waals surface area contributed by atoms with Crippen LogP contribution in [0.1, 0.15) is 30.6 Å². The van der Waals surface area contributed by atoms with Crippen molar-refractivity contribution in [1.29, 1.82) is 0 Å². The van der Waals surface area contributed by atoms with Gasteiger partial charge in [0.05, 0.1) is 18.6 Å². The SMILES string of the molecule is COc1ccc2ccccc2c1CCC(=O)N1CCC(S(=O)(=O)Cc2ccco2)CC1. The lowest BCUT2D eigenvalue weighted by atomic mass is 9.99. The molecule has 0 radical (unpaired) electrons. The molecule has 0 spiro atoms. The fourth-order valence-electron chi connectivity index (χ4n) is 4.33. The van der Waals surface area contributed by atoms with Crippen molar-refractivity contribution in [1.82, 2.24) is 4.90 Å². The minimum absolute atomic E-state index is 0.0527. The number of furan rings is 1. The highest BCUT2D eigenvalue weighted by atomic mass is 32.2. The maximum Gasteiger partial charge on any atom is 0.222 e. The van der Waals surface area contributed by atoms with Crippen molar-refractivity contribution >= 4 is 26.5 Å².